The molecule has 1 aromatic rings. The maximum absolute atomic E-state index is 10.6. The number of nitriles is 1. The third kappa shape index (κ3) is 5.83. The van der Waals surface area contributed by atoms with Gasteiger partial charge in [-0.25, -0.2) is 9.78 Å². The number of halogens is 3. The fourth-order valence-electron chi connectivity index (χ4n) is 3.19. The number of nitrogens with zero attached hydrogens (tertiary/aromatic N) is 4. The minimum absolute atomic E-state index is 0.00872. The number of aryl methyl sites for hydroxylation is 1. The third-order valence-electron chi connectivity index (χ3n) is 4.67. The van der Waals surface area contributed by atoms with E-state index in [1.165, 1.54) is 0 Å². The lowest BCUT2D eigenvalue weighted by molar-refractivity contribution is -0.192. The molecule has 3 heterocycles. The van der Waals surface area contributed by atoms with Gasteiger partial charge in [-0.2, -0.15) is 18.4 Å². The number of carboxylic acids is 1. The molecule has 8 nitrogen and oxygen atoms in total. The van der Waals surface area contributed by atoms with Crippen molar-refractivity contribution in [1.82, 2.24) is 14.5 Å². The van der Waals surface area contributed by atoms with Crippen LogP contribution < -0.4 is 5.32 Å². The molecule has 2 aliphatic rings. The molecule has 3 rings (SSSR count). The van der Waals surface area contributed by atoms with E-state index in [2.05, 4.69) is 21.3 Å². The van der Waals surface area contributed by atoms with Crippen LogP contribution in [0.3, 0.4) is 0 Å². The summed E-state index contributed by atoms with van der Waals surface area (Å²) < 4.78 is 39.8. The lowest BCUT2D eigenvalue weighted by atomic mass is 9.87. The van der Waals surface area contributed by atoms with E-state index in [0.717, 1.165) is 44.9 Å². The number of aromatic nitrogens is 2. The van der Waals surface area contributed by atoms with Gasteiger partial charge in [-0.1, -0.05) is 0 Å². The molecule has 0 aromatic carbocycles. The highest BCUT2D eigenvalue weighted by molar-refractivity contribution is 5.73. The molecule has 2 N–H and O–H groups in total. The van der Waals surface area contributed by atoms with Gasteiger partial charge in [0.2, 0.25) is 5.95 Å². The SMILES string of the molecule is Cn1ccnc1NC1COC2(CCN(CC#N)CC2)C1.O=C(O)C(F)(F)F. The van der Waals surface area contributed by atoms with E-state index >= 15 is 0 Å². The molecule has 0 saturated carbocycles. The molecule has 2 fully saturated rings. The fourth-order valence-corrected chi connectivity index (χ4v) is 3.19. The molecule has 1 aromatic heterocycles. The van der Waals surface area contributed by atoms with E-state index in [9.17, 15) is 13.2 Å². The number of imidazole rings is 1. The van der Waals surface area contributed by atoms with E-state index in [4.69, 9.17) is 19.9 Å². The summed E-state index contributed by atoms with van der Waals surface area (Å²) in [6, 6.07) is 2.55. The fraction of sp³-hybridized carbons (Fsp3) is 0.688. The monoisotopic (exact) mass is 389 g/mol. The topological polar surface area (TPSA) is 103 Å². The molecule has 0 amide bonds. The number of aliphatic carboxylic acids is 1. The van der Waals surface area contributed by atoms with Crippen LogP contribution in [0.25, 0.3) is 0 Å². The molecule has 1 unspecified atom stereocenters. The normalized spacial score (nSPS) is 22.0. The zero-order chi connectivity index (χ0) is 20.1. The molecular weight excluding hydrogens is 367 g/mol. The second-order valence-electron chi connectivity index (χ2n) is 6.64. The molecule has 0 bridgehead atoms. The predicted molar refractivity (Wildman–Crippen MR) is 88.9 cm³/mol. The van der Waals surface area contributed by atoms with E-state index < -0.39 is 12.1 Å². The first-order chi connectivity index (χ1) is 12.6. The number of nitrogens with one attached hydrogen (secondary N) is 1. The Kier molecular flexibility index (Phi) is 6.67. The van der Waals surface area contributed by atoms with Gasteiger partial charge in [0.1, 0.15) is 0 Å². The molecular formula is C16H22F3N5O3. The Hall–Kier alpha value is -2.32. The number of likely N-dealkylation sites (tertiary alicyclic amines) is 1. The molecule has 0 aliphatic carbocycles. The molecule has 2 aliphatic heterocycles. The first kappa shape index (κ1) is 21.0. The van der Waals surface area contributed by atoms with Gasteiger partial charge in [0.05, 0.1) is 30.9 Å². The van der Waals surface area contributed by atoms with Crippen LogP contribution >= 0.6 is 0 Å². The highest BCUT2D eigenvalue weighted by Crippen LogP contribution is 2.36. The van der Waals surface area contributed by atoms with Crippen LogP contribution in [-0.4, -0.2) is 69.6 Å². The van der Waals surface area contributed by atoms with Crippen LogP contribution in [0.4, 0.5) is 19.1 Å². The molecule has 1 spiro atoms. The number of ether oxygens (including phenoxy) is 1. The smallest absolute Gasteiger partial charge is 0.475 e. The maximum Gasteiger partial charge on any atom is 0.490 e. The average Bonchev–Trinajstić information content (AvgIpc) is 3.17. The van der Waals surface area contributed by atoms with Crippen LogP contribution in [-0.2, 0) is 16.6 Å². The van der Waals surface area contributed by atoms with Gasteiger partial charge in [0.25, 0.3) is 0 Å². The summed E-state index contributed by atoms with van der Waals surface area (Å²) in [7, 11) is 1.99. The van der Waals surface area contributed by atoms with Gasteiger partial charge in [-0.05, 0) is 19.3 Å². The number of alkyl halides is 3. The Bertz CT molecular complexity index is 678. The summed E-state index contributed by atoms with van der Waals surface area (Å²) >= 11 is 0. The summed E-state index contributed by atoms with van der Waals surface area (Å²) in [5.74, 6) is -1.86. The lowest BCUT2D eigenvalue weighted by Crippen LogP contribution is -2.44. The molecule has 0 radical (unpaired) electrons. The van der Waals surface area contributed by atoms with Crippen molar-refractivity contribution >= 4 is 11.9 Å². The number of hydrogen-bond donors (Lipinski definition) is 2. The molecule has 1 atom stereocenters. The minimum atomic E-state index is -5.08. The second kappa shape index (κ2) is 8.58. The lowest BCUT2D eigenvalue weighted by Gasteiger charge is -2.37. The molecule has 2 saturated heterocycles. The zero-order valence-electron chi connectivity index (χ0n) is 14.9. The van der Waals surface area contributed by atoms with Crippen molar-refractivity contribution in [1.29, 1.82) is 5.26 Å². The van der Waals surface area contributed by atoms with Crippen molar-refractivity contribution in [3.63, 3.8) is 0 Å². The Morgan fingerprint density at radius 3 is 2.63 bits per heavy atom. The predicted octanol–water partition coefficient (Wildman–Crippen LogP) is 1.61. The van der Waals surface area contributed by atoms with Crippen molar-refractivity contribution in [2.75, 3.05) is 31.6 Å². The molecule has 150 valence electrons. The van der Waals surface area contributed by atoms with Crippen molar-refractivity contribution in [3.8, 4) is 6.07 Å². The molecule has 11 heteroatoms. The van der Waals surface area contributed by atoms with Gasteiger partial charge in [-0.3, -0.25) is 4.90 Å². The Balaban J connectivity index is 0.000000321. The number of anilines is 1. The van der Waals surface area contributed by atoms with Crippen LogP contribution in [0.5, 0.6) is 0 Å². The van der Waals surface area contributed by atoms with E-state index in [1.807, 2.05) is 17.8 Å². The quantitative estimate of drug-likeness (QED) is 0.757. The maximum atomic E-state index is 10.6. The van der Waals surface area contributed by atoms with Crippen LogP contribution in [0.15, 0.2) is 12.4 Å². The summed E-state index contributed by atoms with van der Waals surface area (Å²) in [6.45, 7) is 3.20. The number of hydrogen-bond acceptors (Lipinski definition) is 6. The van der Waals surface area contributed by atoms with Crippen LogP contribution in [0.2, 0.25) is 0 Å². The Labute approximate surface area is 154 Å². The zero-order valence-corrected chi connectivity index (χ0v) is 14.9. The van der Waals surface area contributed by atoms with Gasteiger partial charge in [-0.15, -0.1) is 0 Å². The standard InChI is InChI=1S/C14H21N5O.C2HF3O2/c1-18-9-5-16-13(18)17-12-10-14(20-11-12)2-6-19(7-3-14)8-4-15;3-2(4,5)1(6)7/h5,9,12H,2-3,6-8,10-11H2,1H3,(H,16,17);(H,6,7). The first-order valence-corrected chi connectivity index (χ1v) is 8.42. The Morgan fingerprint density at radius 2 is 2.15 bits per heavy atom. The summed E-state index contributed by atoms with van der Waals surface area (Å²) in [5.41, 5.74) is 0.00872. The van der Waals surface area contributed by atoms with Gasteiger partial charge >= 0.3 is 12.1 Å². The number of rotatable bonds is 3. The van der Waals surface area contributed by atoms with E-state index in [0.29, 0.717) is 12.6 Å². The number of piperidine rings is 1. The molecule has 27 heavy (non-hydrogen) atoms. The first-order valence-electron chi connectivity index (χ1n) is 8.42. The van der Waals surface area contributed by atoms with Crippen molar-refractivity contribution < 1.29 is 27.8 Å². The minimum Gasteiger partial charge on any atom is -0.475 e. The van der Waals surface area contributed by atoms with Gasteiger partial charge in [0.15, 0.2) is 0 Å². The largest absolute Gasteiger partial charge is 0.490 e. The van der Waals surface area contributed by atoms with Crippen molar-refractivity contribution in [2.45, 2.75) is 37.1 Å². The van der Waals surface area contributed by atoms with Crippen LogP contribution in [0.1, 0.15) is 19.3 Å². The van der Waals surface area contributed by atoms with Crippen LogP contribution in [0, 0.1) is 11.3 Å². The van der Waals surface area contributed by atoms with Crippen molar-refractivity contribution in [3.05, 3.63) is 12.4 Å². The van der Waals surface area contributed by atoms with Crippen molar-refractivity contribution in [2.24, 2.45) is 7.05 Å². The van der Waals surface area contributed by atoms with E-state index in [-0.39, 0.29) is 5.60 Å². The van der Waals surface area contributed by atoms with E-state index in [1.54, 1.807) is 6.20 Å². The summed E-state index contributed by atoms with van der Waals surface area (Å²) in [4.78, 5) is 15.4. The van der Waals surface area contributed by atoms with Gasteiger partial charge in [0, 0.05) is 32.5 Å². The summed E-state index contributed by atoms with van der Waals surface area (Å²) in [5, 5.41) is 19.3. The number of carbonyl (C=O) groups is 1. The average molecular weight is 389 g/mol. The second-order valence-corrected chi connectivity index (χ2v) is 6.64. The number of carboxylic acid groups (broad SMARTS) is 1. The van der Waals surface area contributed by atoms with Gasteiger partial charge < -0.3 is 19.7 Å². The highest BCUT2D eigenvalue weighted by atomic mass is 19.4. The Morgan fingerprint density at radius 1 is 1.52 bits per heavy atom. The summed E-state index contributed by atoms with van der Waals surface area (Å²) in [6.07, 6.45) is 1.73. The highest BCUT2D eigenvalue weighted by Gasteiger charge is 2.42. The third-order valence-corrected chi connectivity index (χ3v) is 4.67.